The van der Waals surface area contributed by atoms with E-state index in [-0.39, 0.29) is 10.8 Å². The summed E-state index contributed by atoms with van der Waals surface area (Å²) in [4.78, 5) is 0. The van der Waals surface area contributed by atoms with Gasteiger partial charge in [0.2, 0.25) is 6.71 Å². The molecule has 4 heteroatoms. The maximum atomic E-state index is 12.7. The number of halogens is 2. The van der Waals surface area contributed by atoms with E-state index < -0.39 is 0 Å². The number of hydrogen-bond acceptors (Lipinski definition) is 1. The molecule has 1 fully saturated rings. The number of benzene rings is 1. The first-order valence-corrected chi connectivity index (χ1v) is 4.31. The van der Waals surface area contributed by atoms with Gasteiger partial charge in [-0.05, 0) is 25.0 Å². The van der Waals surface area contributed by atoms with Crippen LogP contribution in [0.15, 0.2) is 18.2 Å². The first kappa shape index (κ1) is 8.08. The lowest BCUT2D eigenvalue weighted by Gasteiger charge is -2.24. The summed E-state index contributed by atoms with van der Waals surface area (Å²) in [6, 6.07) is 4.94. The van der Waals surface area contributed by atoms with Gasteiger partial charge >= 0.3 is 0 Å². The van der Waals surface area contributed by atoms with Crippen LogP contribution in [0.5, 0.6) is 0 Å². The van der Waals surface area contributed by atoms with Crippen molar-refractivity contribution in [1.29, 1.82) is 0 Å². The Kier molecular flexibility index (Phi) is 2.07. The van der Waals surface area contributed by atoms with Gasteiger partial charge in [-0.25, -0.2) is 4.39 Å². The van der Waals surface area contributed by atoms with Gasteiger partial charge in [0.1, 0.15) is 5.82 Å². The Balaban J connectivity index is 2.27. The summed E-state index contributed by atoms with van der Waals surface area (Å²) in [5, 5.41) is 3.38. The van der Waals surface area contributed by atoms with Crippen LogP contribution in [0.4, 0.5) is 4.39 Å². The second-order valence-corrected chi connectivity index (χ2v) is 3.44. The molecule has 1 nitrogen and oxygen atoms in total. The smallest absolute Gasteiger partial charge is 0.205 e. The van der Waals surface area contributed by atoms with E-state index in [1.165, 1.54) is 6.07 Å². The molecule has 0 aromatic heterocycles. The largest absolute Gasteiger partial charge is 0.330 e. The SMILES string of the molecule is Fc1ccc(B2CNC2)cc1Cl. The van der Waals surface area contributed by atoms with E-state index in [1.54, 1.807) is 12.1 Å². The molecule has 1 N–H and O–H groups in total. The predicted octanol–water partition coefficient (Wildman–Crippen LogP) is 0.863. The molecule has 12 heavy (non-hydrogen) atoms. The van der Waals surface area contributed by atoms with E-state index >= 15 is 0 Å². The van der Waals surface area contributed by atoms with Gasteiger partial charge in [0.05, 0.1) is 5.02 Å². The van der Waals surface area contributed by atoms with Gasteiger partial charge in [-0.1, -0.05) is 23.1 Å². The van der Waals surface area contributed by atoms with Crippen molar-refractivity contribution in [2.24, 2.45) is 0 Å². The molecular weight excluding hydrogens is 175 g/mol. The van der Waals surface area contributed by atoms with Crippen molar-refractivity contribution in [1.82, 2.24) is 5.32 Å². The molecule has 0 unspecified atom stereocenters. The summed E-state index contributed by atoms with van der Waals surface area (Å²) in [5.74, 6) is -0.340. The quantitative estimate of drug-likeness (QED) is 0.637. The van der Waals surface area contributed by atoms with Crippen LogP contribution in [0, 0.1) is 5.82 Å². The second-order valence-electron chi connectivity index (χ2n) is 3.03. The molecule has 1 aliphatic rings. The average molecular weight is 183 g/mol. The third-order valence-corrected chi connectivity index (χ3v) is 2.49. The Morgan fingerprint density at radius 1 is 1.42 bits per heavy atom. The molecule has 1 heterocycles. The van der Waals surface area contributed by atoms with Crippen molar-refractivity contribution in [3.8, 4) is 0 Å². The standard InChI is InChI=1S/C8H8BClFN/c10-7-3-6(1-2-8(7)11)9-4-12-5-9/h1-3,12H,4-5H2. The zero-order valence-electron chi connectivity index (χ0n) is 6.48. The maximum absolute atomic E-state index is 12.7. The van der Waals surface area contributed by atoms with E-state index in [0.717, 1.165) is 18.4 Å². The molecule has 0 radical (unpaired) electrons. The van der Waals surface area contributed by atoms with Crippen molar-refractivity contribution < 1.29 is 4.39 Å². The van der Waals surface area contributed by atoms with Gasteiger partial charge in [-0.2, -0.15) is 0 Å². The molecular formula is C8H8BClFN. The third-order valence-electron chi connectivity index (χ3n) is 2.20. The summed E-state index contributed by atoms with van der Waals surface area (Å²) in [5.41, 5.74) is 1.13. The molecule has 0 spiro atoms. The Bertz CT molecular complexity index is 301. The highest BCUT2D eigenvalue weighted by atomic mass is 35.5. The average Bonchev–Trinajstić information content (AvgIpc) is 1.93. The van der Waals surface area contributed by atoms with Gasteiger partial charge in [0.15, 0.2) is 0 Å². The summed E-state index contributed by atoms with van der Waals surface area (Å²) < 4.78 is 12.7. The van der Waals surface area contributed by atoms with Crippen LogP contribution in [0.3, 0.4) is 0 Å². The summed E-state index contributed by atoms with van der Waals surface area (Å²) >= 11 is 5.64. The second kappa shape index (κ2) is 3.07. The van der Waals surface area contributed by atoms with Crippen LogP contribution < -0.4 is 10.8 Å². The van der Waals surface area contributed by atoms with E-state index in [0.29, 0.717) is 6.71 Å². The molecule has 0 saturated carbocycles. The van der Waals surface area contributed by atoms with E-state index in [1.807, 2.05) is 0 Å². The van der Waals surface area contributed by atoms with Crippen LogP contribution in [0.25, 0.3) is 0 Å². The van der Waals surface area contributed by atoms with Crippen LogP contribution >= 0.6 is 11.6 Å². The minimum atomic E-state index is -0.340. The highest BCUT2D eigenvalue weighted by Gasteiger charge is 2.23. The molecule has 0 aliphatic carbocycles. The highest BCUT2D eigenvalue weighted by Crippen LogP contribution is 2.11. The first-order chi connectivity index (χ1) is 5.77. The Labute approximate surface area is 76.0 Å². The zero-order valence-corrected chi connectivity index (χ0v) is 7.24. The Morgan fingerprint density at radius 3 is 2.67 bits per heavy atom. The Morgan fingerprint density at radius 2 is 2.17 bits per heavy atom. The van der Waals surface area contributed by atoms with Crippen LogP contribution in [-0.4, -0.2) is 19.6 Å². The summed E-state index contributed by atoms with van der Waals surface area (Å²) in [6.07, 6.45) is 1.95. The molecule has 1 aromatic rings. The van der Waals surface area contributed by atoms with Gasteiger partial charge in [-0.15, -0.1) is 0 Å². The lowest BCUT2D eigenvalue weighted by molar-refractivity contribution is 0.628. The molecule has 0 bridgehead atoms. The topological polar surface area (TPSA) is 12.0 Å². The molecule has 0 amide bonds. The number of rotatable bonds is 1. The normalized spacial score (nSPS) is 16.0. The fourth-order valence-corrected chi connectivity index (χ4v) is 1.48. The molecule has 62 valence electrons. The van der Waals surface area contributed by atoms with Crippen molar-refractivity contribution in [2.45, 2.75) is 0 Å². The van der Waals surface area contributed by atoms with E-state index in [2.05, 4.69) is 5.32 Å². The van der Waals surface area contributed by atoms with Crippen LogP contribution in [0.2, 0.25) is 5.02 Å². The number of nitrogens with one attached hydrogen (secondary N) is 1. The fourth-order valence-electron chi connectivity index (χ4n) is 1.29. The lowest BCUT2D eigenvalue weighted by atomic mass is 9.40. The molecule has 1 aliphatic heterocycles. The monoisotopic (exact) mass is 183 g/mol. The third kappa shape index (κ3) is 1.34. The molecule has 1 saturated heterocycles. The van der Waals surface area contributed by atoms with E-state index in [4.69, 9.17) is 11.6 Å². The molecule has 1 aromatic carbocycles. The number of hydrogen-bond donors (Lipinski definition) is 1. The highest BCUT2D eigenvalue weighted by molar-refractivity contribution is 6.76. The molecule has 0 atom stereocenters. The minimum Gasteiger partial charge on any atom is -0.330 e. The minimum absolute atomic E-state index is 0.222. The van der Waals surface area contributed by atoms with E-state index in [9.17, 15) is 4.39 Å². The first-order valence-electron chi connectivity index (χ1n) is 3.93. The fraction of sp³-hybridized carbons (Fsp3) is 0.250. The van der Waals surface area contributed by atoms with Crippen LogP contribution in [0.1, 0.15) is 0 Å². The van der Waals surface area contributed by atoms with Crippen molar-refractivity contribution >= 4 is 23.8 Å². The van der Waals surface area contributed by atoms with Crippen LogP contribution in [-0.2, 0) is 0 Å². The van der Waals surface area contributed by atoms with Gasteiger partial charge < -0.3 is 5.32 Å². The maximum Gasteiger partial charge on any atom is 0.205 e. The van der Waals surface area contributed by atoms with Gasteiger partial charge in [0, 0.05) is 0 Å². The van der Waals surface area contributed by atoms with Gasteiger partial charge in [-0.3, -0.25) is 0 Å². The van der Waals surface area contributed by atoms with Crippen molar-refractivity contribution in [2.75, 3.05) is 12.9 Å². The Hall–Kier alpha value is -0.535. The molecule has 2 rings (SSSR count). The van der Waals surface area contributed by atoms with Gasteiger partial charge in [0.25, 0.3) is 0 Å². The summed E-state index contributed by atoms with van der Waals surface area (Å²) in [7, 11) is 0. The predicted molar refractivity (Wildman–Crippen MR) is 49.7 cm³/mol. The lowest BCUT2D eigenvalue weighted by Crippen LogP contribution is -2.58. The van der Waals surface area contributed by atoms with Crippen molar-refractivity contribution in [3.05, 3.63) is 29.0 Å². The van der Waals surface area contributed by atoms with Crippen molar-refractivity contribution in [3.63, 3.8) is 0 Å². The zero-order chi connectivity index (χ0) is 8.55. The summed E-state index contributed by atoms with van der Waals surface area (Å²) in [6.45, 7) is 0.517.